The van der Waals surface area contributed by atoms with E-state index >= 15 is 0 Å². The van der Waals surface area contributed by atoms with Crippen LogP contribution >= 0.6 is 38.5 Å². The maximum absolute atomic E-state index is 6.04. The SMILES string of the molecule is Nc1cc(I)ccc1Nc1cccc2cc(Br)cnc12. The number of halogens is 2. The van der Waals surface area contributed by atoms with Crippen LogP contribution in [0.2, 0.25) is 0 Å². The third-order valence-electron chi connectivity index (χ3n) is 2.96. The molecule has 0 radical (unpaired) electrons. The van der Waals surface area contributed by atoms with E-state index in [0.29, 0.717) is 0 Å². The van der Waals surface area contributed by atoms with Crippen LogP contribution in [0.4, 0.5) is 17.1 Å². The number of benzene rings is 2. The van der Waals surface area contributed by atoms with Gasteiger partial charge in [0.25, 0.3) is 0 Å². The molecule has 0 bridgehead atoms. The fraction of sp³-hybridized carbons (Fsp3) is 0. The predicted octanol–water partition coefficient (Wildman–Crippen LogP) is 4.93. The highest BCUT2D eigenvalue weighted by Crippen LogP contribution is 2.29. The maximum atomic E-state index is 6.04. The Labute approximate surface area is 138 Å². The quantitative estimate of drug-likeness (QED) is 0.439. The van der Waals surface area contributed by atoms with Crippen LogP contribution in [0.1, 0.15) is 0 Å². The minimum Gasteiger partial charge on any atom is -0.397 e. The van der Waals surface area contributed by atoms with Crippen molar-refractivity contribution in [3.8, 4) is 0 Å². The van der Waals surface area contributed by atoms with Gasteiger partial charge in [-0.1, -0.05) is 12.1 Å². The van der Waals surface area contributed by atoms with E-state index < -0.39 is 0 Å². The molecule has 0 saturated carbocycles. The summed E-state index contributed by atoms with van der Waals surface area (Å²) in [4.78, 5) is 4.47. The standard InChI is InChI=1S/C15H11BrIN3/c16-10-6-9-2-1-3-14(15(9)19-8-10)20-13-5-4-11(17)7-12(13)18/h1-8,20H,18H2. The molecule has 2 aromatic carbocycles. The van der Waals surface area contributed by atoms with Crippen LogP contribution in [-0.2, 0) is 0 Å². The zero-order valence-corrected chi connectivity index (χ0v) is 14.1. The third kappa shape index (κ3) is 2.73. The lowest BCUT2D eigenvalue weighted by Crippen LogP contribution is -1.98. The van der Waals surface area contributed by atoms with Gasteiger partial charge in [0.15, 0.2) is 0 Å². The van der Waals surface area contributed by atoms with Crippen molar-refractivity contribution in [3.05, 3.63) is 56.7 Å². The van der Waals surface area contributed by atoms with Gasteiger partial charge in [0, 0.05) is 19.6 Å². The van der Waals surface area contributed by atoms with Gasteiger partial charge >= 0.3 is 0 Å². The van der Waals surface area contributed by atoms with Crippen LogP contribution in [0, 0.1) is 3.57 Å². The number of hydrogen-bond donors (Lipinski definition) is 2. The van der Waals surface area contributed by atoms with Crippen molar-refractivity contribution in [3.63, 3.8) is 0 Å². The molecule has 0 aliphatic rings. The Kier molecular flexibility index (Phi) is 3.80. The van der Waals surface area contributed by atoms with Gasteiger partial charge in [-0.25, -0.2) is 0 Å². The Morgan fingerprint density at radius 3 is 2.75 bits per heavy atom. The summed E-state index contributed by atoms with van der Waals surface area (Å²) in [6.07, 6.45) is 1.80. The van der Waals surface area contributed by atoms with Gasteiger partial charge in [-0.05, 0) is 68.9 Å². The molecule has 0 fully saturated rings. The Balaban J connectivity index is 2.06. The summed E-state index contributed by atoms with van der Waals surface area (Å²) >= 11 is 5.69. The number of aromatic nitrogens is 1. The van der Waals surface area contributed by atoms with Crippen LogP contribution in [0.5, 0.6) is 0 Å². The van der Waals surface area contributed by atoms with Crippen LogP contribution in [0.25, 0.3) is 10.9 Å². The molecule has 0 saturated heterocycles. The third-order valence-corrected chi connectivity index (χ3v) is 4.07. The van der Waals surface area contributed by atoms with Crippen molar-refractivity contribution >= 4 is 66.5 Å². The summed E-state index contributed by atoms with van der Waals surface area (Å²) < 4.78 is 2.08. The number of nitrogens with two attached hydrogens (primary N) is 1. The minimum atomic E-state index is 0.728. The van der Waals surface area contributed by atoms with Crippen molar-refractivity contribution in [2.24, 2.45) is 0 Å². The number of hydrogen-bond acceptors (Lipinski definition) is 3. The predicted molar refractivity (Wildman–Crippen MR) is 96.3 cm³/mol. The van der Waals surface area contributed by atoms with Crippen LogP contribution in [0.3, 0.4) is 0 Å². The Hall–Kier alpha value is -1.34. The lowest BCUT2D eigenvalue weighted by molar-refractivity contribution is 1.38. The van der Waals surface area contributed by atoms with E-state index in [1.165, 1.54) is 0 Å². The zero-order valence-electron chi connectivity index (χ0n) is 10.4. The first-order chi connectivity index (χ1) is 9.63. The fourth-order valence-corrected chi connectivity index (χ4v) is 2.89. The zero-order chi connectivity index (χ0) is 14.1. The summed E-state index contributed by atoms with van der Waals surface area (Å²) in [6.45, 7) is 0. The normalized spacial score (nSPS) is 10.7. The van der Waals surface area contributed by atoms with Gasteiger partial charge in [-0.2, -0.15) is 0 Å². The van der Waals surface area contributed by atoms with Crippen LogP contribution < -0.4 is 11.1 Å². The number of rotatable bonds is 2. The van der Waals surface area contributed by atoms with Gasteiger partial charge in [-0.3, -0.25) is 4.98 Å². The molecule has 0 aliphatic heterocycles. The molecule has 3 aromatic rings. The molecule has 0 amide bonds. The number of nitrogens with one attached hydrogen (secondary N) is 1. The van der Waals surface area contributed by atoms with Crippen molar-refractivity contribution in [1.82, 2.24) is 4.98 Å². The van der Waals surface area contributed by atoms with Gasteiger partial charge in [0.2, 0.25) is 0 Å². The number of anilines is 3. The first-order valence-electron chi connectivity index (χ1n) is 6.00. The summed E-state index contributed by atoms with van der Waals surface area (Å²) in [5.41, 5.74) is 9.53. The van der Waals surface area contributed by atoms with Crippen molar-refractivity contribution in [2.45, 2.75) is 0 Å². The first-order valence-corrected chi connectivity index (χ1v) is 7.87. The maximum Gasteiger partial charge on any atom is 0.0937 e. The molecule has 5 heteroatoms. The Morgan fingerprint density at radius 1 is 1.10 bits per heavy atom. The number of pyridine rings is 1. The fourth-order valence-electron chi connectivity index (χ4n) is 2.03. The molecule has 0 spiro atoms. The molecule has 0 unspecified atom stereocenters. The monoisotopic (exact) mass is 439 g/mol. The van der Waals surface area contributed by atoms with E-state index in [1.54, 1.807) is 6.20 Å². The summed E-state index contributed by atoms with van der Waals surface area (Å²) in [5, 5.41) is 4.43. The minimum absolute atomic E-state index is 0.728. The van der Waals surface area contributed by atoms with Gasteiger partial charge < -0.3 is 11.1 Å². The van der Waals surface area contributed by atoms with E-state index in [1.807, 2.05) is 42.5 Å². The molecular formula is C15H11BrIN3. The first kappa shape index (κ1) is 13.6. The lowest BCUT2D eigenvalue weighted by Gasteiger charge is -2.11. The summed E-state index contributed by atoms with van der Waals surface area (Å²) in [5.74, 6) is 0. The topological polar surface area (TPSA) is 50.9 Å². The summed E-state index contributed by atoms with van der Waals surface area (Å²) in [7, 11) is 0. The van der Waals surface area contributed by atoms with E-state index in [2.05, 4.69) is 48.8 Å². The van der Waals surface area contributed by atoms with Crippen molar-refractivity contribution in [1.29, 1.82) is 0 Å². The van der Waals surface area contributed by atoms with Gasteiger partial charge in [0.1, 0.15) is 0 Å². The van der Waals surface area contributed by atoms with E-state index in [9.17, 15) is 0 Å². The van der Waals surface area contributed by atoms with Crippen LogP contribution in [-0.4, -0.2) is 4.98 Å². The number of nitrogens with zero attached hydrogens (tertiary/aromatic N) is 1. The van der Waals surface area contributed by atoms with Crippen molar-refractivity contribution < 1.29 is 0 Å². The average Bonchev–Trinajstić information content (AvgIpc) is 2.41. The highest BCUT2D eigenvalue weighted by molar-refractivity contribution is 14.1. The van der Waals surface area contributed by atoms with Gasteiger partial charge in [-0.15, -0.1) is 0 Å². The van der Waals surface area contributed by atoms with E-state index in [4.69, 9.17) is 5.73 Å². The Bertz CT molecular complexity index is 789. The van der Waals surface area contributed by atoms with Crippen LogP contribution in [0.15, 0.2) is 53.1 Å². The largest absolute Gasteiger partial charge is 0.397 e. The van der Waals surface area contributed by atoms with E-state index in [0.717, 1.165) is 36.0 Å². The highest BCUT2D eigenvalue weighted by atomic mass is 127. The van der Waals surface area contributed by atoms with Gasteiger partial charge in [0.05, 0.1) is 22.6 Å². The molecule has 100 valence electrons. The van der Waals surface area contributed by atoms with Crippen molar-refractivity contribution in [2.75, 3.05) is 11.1 Å². The summed E-state index contributed by atoms with van der Waals surface area (Å²) in [6, 6.07) is 14.0. The second-order valence-electron chi connectivity index (χ2n) is 4.39. The molecule has 3 rings (SSSR count). The average molecular weight is 440 g/mol. The number of para-hydroxylation sites is 1. The number of fused-ring (bicyclic) bond motifs is 1. The molecule has 3 nitrogen and oxygen atoms in total. The second kappa shape index (κ2) is 5.57. The molecule has 20 heavy (non-hydrogen) atoms. The Morgan fingerprint density at radius 2 is 1.95 bits per heavy atom. The molecule has 0 aliphatic carbocycles. The lowest BCUT2D eigenvalue weighted by atomic mass is 10.2. The molecule has 3 N–H and O–H groups in total. The molecule has 0 atom stereocenters. The molecule has 1 aromatic heterocycles. The number of nitrogen functional groups attached to an aromatic ring is 1. The molecule has 1 heterocycles. The van der Waals surface area contributed by atoms with E-state index in [-0.39, 0.29) is 0 Å². The second-order valence-corrected chi connectivity index (χ2v) is 6.55. The smallest absolute Gasteiger partial charge is 0.0937 e. The molecular weight excluding hydrogens is 429 g/mol. The highest BCUT2D eigenvalue weighted by Gasteiger charge is 2.05.